The number of ether oxygens (including phenoxy) is 1. The van der Waals surface area contributed by atoms with Crippen LogP contribution in [-0.4, -0.2) is 30.1 Å². The number of para-hydroxylation sites is 6. The van der Waals surface area contributed by atoms with Crippen molar-refractivity contribution in [3.05, 3.63) is 176 Å². The van der Waals surface area contributed by atoms with Gasteiger partial charge < -0.3 is 4.74 Å². The first-order valence-electron chi connectivity index (χ1n) is 20.1. The average Bonchev–Trinajstić information content (AvgIpc) is 3.75. The molecule has 0 bridgehead atoms. The third-order valence-corrected chi connectivity index (χ3v) is 17.6. The Morgan fingerprint density at radius 3 is 1.94 bits per heavy atom. The molecule has 0 amide bonds. The number of hydrogen-bond acceptors (Lipinski definition) is 2. The molecule has 0 atom stereocenters. The first-order valence-corrected chi connectivity index (χ1v) is 21.1. The Balaban J connectivity index is 1.34. The third kappa shape index (κ3) is 4.27. The predicted octanol–water partition coefficient (Wildman–Crippen LogP) is 6.74. The topological polar surface area (TPSA) is 31.5 Å². The van der Waals surface area contributed by atoms with E-state index in [0.29, 0.717) is 5.75 Å². The Kier molecular flexibility index (Phi) is 5.36. The van der Waals surface area contributed by atoms with Gasteiger partial charge in [0, 0.05) is 13.9 Å². The number of nitrogens with zero attached hydrogens (tertiary/aromatic N) is 3. The van der Waals surface area contributed by atoms with Crippen molar-refractivity contribution in [3.63, 3.8) is 0 Å². The summed E-state index contributed by atoms with van der Waals surface area (Å²) in [5, 5.41) is 4.39. The monoisotopic (exact) mass is 695 g/mol. The second kappa shape index (κ2) is 11.3. The van der Waals surface area contributed by atoms with E-state index in [1.54, 1.807) is 30.3 Å². The molecule has 0 saturated heterocycles. The molecule has 1 aliphatic rings. The van der Waals surface area contributed by atoms with Crippen molar-refractivity contribution in [2.24, 2.45) is 0 Å². The quantitative estimate of drug-likeness (QED) is 0.148. The van der Waals surface area contributed by atoms with E-state index < -0.39 is 29.1 Å². The summed E-state index contributed by atoms with van der Waals surface area (Å²) in [7, 11) is -8.09. The summed E-state index contributed by atoms with van der Waals surface area (Å²) >= 11 is 0. The molecular formula is C45H35N3OSi2. The lowest BCUT2D eigenvalue weighted by atomic mass is 10.2. The maximum absolute atomic E-state index is 9.07. The van der Waals surface area contributed by atoms with Crippen LogP contribution in [0.2, 0.25) is 13.0 Å². The van der Waals surface area contributed by atoms with Crippen molar-refractivity contribution in [3.8, 4) is 17.2 Å². The van der Waals surface area contributed by atoms with Crippen LogP contribution in [0.5, 0.6) is 11.5 Å². The van der Waals surface area contributed by atoms with E-state index in [1.807, 2.05) is 78.9 Å². The van der Waals surface area contributed by atoms with Crippen molar-refractivity contribution in [1.29, 1.82) is 0 Å². The minimum absolute atomic E-state index is 0.263. The van der Waals surface area contributed by atoms with Crippen LogP contribution in [-0.2, 0) is 0 Å². The minimum Gasteiger partial charge on any atom is -0.458 e. The average molecular weight is 696 g/mol. The van der Waals surface area contributed by atoms with Gasteiger partial charge in [0.15, 0.2) is 8.07 Å². The summed E-state index contributed by atoms with van der Waals surface area (Å²) < 4.78 is 65.7. The maximum Gasteiger partial charge on any atom is 0.220 e. The zero-order valence-corrected chi connectivity index (χ0v) is 29.5. The molecule has 0 N–H and O–H groups in total. The largest absolute Gasteiger partial charge is 0.458 e. The highest BCUT2D eigenvalue weighted by Crippen LogP contribution is 2.31. The van der Waals surface area contributed by atoms with E-state index in [9.17, 15) is 0 Å². The van der Waals surface area contributed by atoms with Gasteiger partial charge in [-0.2, -0.15) is 0 Å². The van der Waals surface area contributed by atoms with Gasteiger partial charge in [0.1, 0.15) is 19.6 Å². The normalized spacial score (nSPS) is 15.8. The van der Waals surface area contributed by atoms with Gasteiger partial charge in [0.25, 0.3) is 0 Å². The molecule has 3 heterocycles. The molecule has 2 aromatic heterocycles. The summed E-state index contributed by atoms with van der Waals surface area (Å²) in [6.07, 6.45) is 0. The second-order valence-corrected chi connectivity index (χ2v) is 19.5. The Morgan fingerprint density at radius 1 is 0.569 bits per heavy atom. The van der Waals surface area contributed by atoms with E-state index in [2.05, 4.69) is 75.7 Å². The van der Waals surface area contributed by atoms with Crippen LogP contribution >= 0.6 is 0 Å². The van der Waals surface area contributed by atoms with Gasteiger partial charge in [-0.05, 0) is 73.6 Å². The molecular weight excluding hydrogens is 655 g/mol. The van der Waals surface area contributed by atoms with Gasteiger partial charge in [-0.15, -0.1) is 0 Å². The van der Waals surface area contributed by atoms with Crippen molar-refractivity contribution < 1.29 is 13.0 Å². The molecule has 10 rings (SSSR count). The molecule has 51 heavy (non-hydrogen) atoms. The minimum atomic E-state index is -4.59. The van der Waals surface area contributed by atoms with Gasteiger partial charge in [-0.3, -0.25) is 8.97 Å². The van der Waals surface area contributed by atoms with Crippen LogP contribution in [0.1, 0.15) is 8.22 Å². The summed E-state index contributed by atoms with van der Waals surface area (Å²) in [6, 6.07) is 58.0. The smallest absolute Gasteiger partial charge is 0.220 e. The van der Waals surface area contributed by atoms with Crippen LogP contribution in [0.15, 0.2) is 176 Å². The third-order valence-electron chi connectivity index (χ3n) is 10.4. The van der Waals surface area contributed by atoms with E-state index in [1.165, 1.54) is 0 Å². The summed E-state index contributed by atoms with van der Waals surface area (Å²) in [5.41, 5.74) is 4.84. The molecule has 1 aliphatic heterocycles. The van der Waals surface area contributed by atoms with Crippen molar-refractivity contribution in [2.45, 2.75) is 13.0 Å². The van der Waals surface area contributed by atoms with Gasteiger partial charge in [0.2, 0.25) is 5.78 Å². The Hall–Kier alpha value is -5.96. The highest BCUT2D eigenvalue weighted by atomic mass is 28.3. The SMILES string of the molecule is [2H]C([2H])([2H])[Si]1(C([2H])([2H])[2H])c2ccccc2Oc2c([Si](c3ccccc3)(c3ccccc3)c3cccc(-n4c5ccccc5n5c6ccccc6nc45)c3)cccc21. The first kappa shape index (κ1) is 24.2. The van der Waals surface area contributed by atoms with Gasteiger partial charge in [0.05, 0.1) is 22.1 Å². The molecule has 7 aromatic carbocycles. The number of rotatable bonds is 5. The Bertz CT molecular complexity index is 2940. The van der Waals surface area contributed by atoms with Crippen LogP contribution in [0.4, 0.5) is 0 Å². The highest BCUT2D eigenvalue weighted by Gasteiger charge is 2.47. The summed E-state index contributed by atoms with van der Waals surface area (Å²) in [6.45, 7) is -5.66. The lowest BCUT2D eigenvalue weighted by Crippen LogP contribution is -2.75. The number of imidazole rings is 2. The van der Waals surface area contributed by atoms with Crippen LogP contribution in [0.3, 0.4) is 0 Å². The molecule has 0 radical (unpaired) electrons. The Labute approximate surface area is 307 Å². The molecule has 6 heteroatoms. The van der Waals surface area contributed by atoms with Gasteiger partial charge >= 0.3 is 0 Å². The van der Waals surface area contributed by atoms with Gasteiger partial charge in [-0.1, -0.05) is 146 Å². The fraction of sp³-hybridized carbons (Fsp3) is 0.0444. The molecule has 244 valence electrons. The molecule has 0 fully saturated rings. The van der Waals surface area contributed by atoms with Crippen molar-refractivity contribution >= 4 is 75.1 Å². The number of aromatic nitrogens is 3. The van der Waals surface area contributed by atoms with Crippen LogP contribution in [0, 0.1) is 0 Å². The number of fused-ring (bicyclic) bond motifs is 7. The number of benzene rings is 7. The maximum atomic E-state index is 9.07. The second-order valence-electron chi connectivity index (χ2n) is 13.1. The molecule has 4 nitrogen and oxygen atoms in total. The fourth-order valence-corrected chi connectivity index (χ4v) is 15.2. The van der Waals surface area contributed by atoms with E-state index >= 15 is 0 Å². The molecule has 9 aromatic rings. The van der Waals surface area contributed by atoms with Gasteiger partial charge in [-0.25, -0.2) is 4.98 Å². The zero-order valence-electron chi connectivity index (χ0n) is 33.5. The van der Waals surface area contributed by atoms with Crippen LogP contribution in [0.25, 0.3) is 33.5 Å². The number of hydrogen-bond donors (Lipinski definition) is 0. The zero-order chi connectivity index (χ0) is 39.2. The molecule has 0 spiro atoms. The first-order chi connectivity index (χ1) is 27.6. The molecule has 0 aliphatic carbocycles. The van der Waals surface area contributed by atoms with Crippen LogP contribution < -0.4 is 35.9 Å². The fourth-order valence-electron chi connectivity index (χ4n) is 8.18. The Morgan fingerprint density at radius 2 is 1.18 bits per heavy atom. The molecule has 0 unspecified atom stereocenters. The van der Waals surface area contributed by atoms with Crippen molar-refractivity contribution in [2.75, 3.05) is 0 Å². The summed E-state index contributed by atoms with van der Waals surface area (Å²) in [4.78, 5) is 5.15. The molecule has 0 saturated carbocycles. The van der Waals surface area contributed by atoms with E-state index in [4.69, 9.17) is 17.9 Å². The lowest BCUT2D eigenvalue weighted by molar-refractivity contribution is 0.490. The van der Waals surface area contributed by atoms with Crippen molar-refractivity contribution in [1.82, 2.24) is 14.0 Å². The predicted molar refractivity (Wildman–Crippen MR) is 216 cm³/mol. The summed E-state index contributed by atoms with van der Waals surface area (Å²) in [5.74, 6) is 1.39. The highest BCUT2D eigenvalue weighted by molar-refractivity contribution is 7.20. The van der Waals surface area contributed by atoms with E-state index in [-0.39, 0.29) is 16.1 Å². The lowest BCUT2D eigenvalue weighted by Gasteiger charge is -2.40. The van der Waals surface area contributed by atoms with E-state index in [0.717, 1.165) is 54.3 Å². The standard InChI is InChI=1S/C45H35N3OSi2/c1-50(2)41-28-14-13-27-40(41)49-44-42(50)29-16-30-43(44)51(33-18-5-3-6-19-33,34-20-7-4-8-21-34)35-22-15-17-32(31-35)47-38-25-11-12-26-39(38)48-37-24-10-9-23-36(37)46-45(47)48/h3-31H,1-2H3/i1D3,2D3.